The maximum Gasteiger partial charge on any atom is 0.230 e. The molecule has 0 atom stereocenters. The minimum Gasteiger partial charge on any atom is -0.469 e. The van der Waals surface area contributed by atoms with Crippen LogP contribution in [0.3, 0.4) is 0 Å². The lowest BCUT2D eigenvalue weighted by molar-refractivity contribution is 0.248. The molecule has 0 unspecified atom stereocenters. The van der Waals surface area contributed by atoms with Gasteiger partial charge in [0.05, 0.1) is 12.0 Å². The third-order valence-corrected chi connectivity index (χ3v) is 2.21. The first kappa shape index (κ1) is 10.3. The minimum atomic E-state index is 0.292. The largest absolute Gasteiger partial charge is 0.469 e. The fraction of sp³-hybridized carbons (Fsp3) is 0.273. The zero-order chi connectivity index (χ0) is 11.5. The van der Waals surface area contributed by atoms with Crippen LogP contribution in [-0.2, 0) is 13.7 Å². The Balaban J connectivity index is 2.19. The standard InChI is InChI=1S/C11H11N3O2/c1-8-10(6-12)11(14(2)13-8)16-7-9-4-3-5-15-9/h3-5H,7H2,1-2H3. The Morgan fingerprint density at radius 2 is 2.44 bits per heavy atom. The summed E-state index contributed by atoms with van der Waals surface area (Å²) in [4.78, 5) is 0. The highest BCUT2D eigenvalue weighted by atomic mass is 16.5. The van der Waals surface area contributed by atoms with Gasteiger partial charge in [-0.15, -0.1) is 0 Å². The Morgan fingerprint density at radius 3 is 3.06 bits per heavy atom. The van der Waals surface area contributed by atoms with E-state index in [4.69, 9.17) is 14.4 Å². The van der Waals surface area contributed by atoms with Crippen LogP contribution in [0.15, 0.2) is 22.8 Å². The quantitative estimate of drug-likeness (QED) is 0.786. The predicted molar refractivity (Wildman–Crippen MR) is 55.7 cm³/mol. The summed E-state index contributed by atoms with van der Waals surface area (Å²) >= 11 is 0. The van der Waals surface area contributed by atoms with E-state index in [2.05, 4.69) is 11.2 Å². The lowest BCUT2D eigenvalue weighted by Gasteiger charge is -2.04. The number of hydrogen-bond acceptors (Lipinski definition) is 4. The highest BCUT2D eigenvalue weighted by molar-refractivity contribution is 5.41. The van der Waals surface area contributed by atoms with Crippen molar-refractivity contribution in [2.24, 2.45) is 7.05 Å². The van der Waals surface area contributed by atoms with E-state index >= 15 is 0 Å². The van der Waals surface area contributed by atoms with Crippen LogP contribution in [0.5, 0.6) is 5.88 Å². The van der Waals surface area contributed by atoms with Crippen LogP contribution in [0, 0.1) is 18.3 Å². The van der Waals surface area contributed by atoms with Crippen LogP contribution in [0.4, 0.5) is 0 Å². The number of ether oxygens (including phenoxy) is 1. The zero-order valence-electron chi connectivity index (χ0n) is 9.10. The Labute approximate surface area is 92.9 Å². The summed E-state index contributed by atoms with van der Waals surface area (Å²) in [5.41, 5.74) is 1.13. The number of aryl methyl sites for hydroxylation is 2. The van der Waals surface area contributed by atoms with Crippen molar-refractivity contribution in [1.29, 1.82) is 5.26 Å². The van der Waals surface area contributed by atoms with Crippen LogP contribution < -0.4 is 4.74 Å². The van der Waals surface area contributed by atoms with Gasteiger partial charge in [0.15, 0.2) is 0 Å². The van der Waals surface area contributed by atoms with E-state index in [0.717, 1.165) is 0 Å². The molecule has 2 aromatic heterocycles. The summed E-state index contributed by atoms with van der Waals surface area (Å²) in [7, 11) is 1.74. The SMILES string of the molecule is Cc1nn(C)c(OCc2ccco2)c1C#N. The molecule has 0 aromatic carbocycles. The maximum absolute atomic E-state index is 8.96. The van der Waals surface area contributed by atoms with Gasteiger partial charge in [-0.25, -0.2) is 4.68 Å². The molecule has 0 N–H and O–H groups in total. The van der Waals surface area contributed by atoms with Crippen molar-refractivity contribution in [2.45, 2.75) is 13.5 Å². The molecule has 5 nitrogen and oxygen atoms in total. The number of nitriles is 1. The molecule has 0 bridgehead atoms. The van der Waals surface area contributed by atoms with Crippen molar-refractivity contribution >= 4 is 0 Å². The van der Waals surface area contributed by atoms with Gasteiger partial charge in [-0.3, -0.25) is 0 Å². The van der Waals surface area contributed by atoms with Crippen molar-refractivity contribution in [3.63, 3.8) is 0 Å². The third kappa shape index (κ3) is 1.77. The van der Waals surface area contributed by atoms with Crippen LogP contribution in [0.1, 0.15) is 17.0 Å². The number of furan rings is 1. The van der Waals surface area contributed by atoms with Gasteiger partial charge in [0.2, 0.25) is 5.88 Å². The smallest absolute Gasteiger partial charge is 0.230 e. The highest BCUT2D eigenvalue weighted by Gasteiger charge is 2.14. The van der Waals surface area contributed by atoms with Crippen molar-refractivity contribution in [2.75, 3.05) is 0 Å². The molecular weight excluding hydrogens is 206 g/mol. The first-order valence-electron chi connectivity index (χ1n) is 4.81. The Hall–Kier alpha value is -2.22. The summed E-state index contributed by atoms with van der Waals surface area (Å²) < 4.78 is 12.2. The van der Waals surface area contributed by atoms with Gasteiger partial charge in [0.1, 0.15) is 24.0 Å². The molecule has 16 heavy (non-hydrogen) atoms. The van der Waals surface area contributed by atoms with Crippen LogP contribution in [-0.4, -0.2) is 9.78 Å². The Kier molecular flexibility index (Phi) is 2.64. The summed E-state index contributed by atoms with van der Waals surface area (Å²) in [5, 5.41) is 13.1. The molecule has 0 fully saturated rings. The summed E-state index contributed by atoms with van der Waals surface area (Å²) in [6.45, 7) is 2.07. The predicted octanol–water partition coefficient (Wildman–Crippen LogP) is 1.77. The lowest BCUT2D eigenvalue weighted by Crippen LogP contribution is -2.01. The van der Waals surface area contributed by atoms with Gasteiger partial charge in [-0.1, -0.05) is 0 Å². The number of rotatable bonds is 3. The fourth-order valence-electron chi connectivity index (χ4n) is 1.47. The molecule has 0 amide bonds. The normalized spacial score (nSPS) is 10.1. The lowest BCUT2D eigenvalue weighted by atomic mass is 10.3. The van der Waals surface area contributed by atoms with Gasteiger partial charge in [-0.05, 0) is 19.1 Å². The van der Waals surface area contributed by atoms with Gasteiger partial charge in [-0.2, -0.15) is 10.4 Å². The molecule has 0 saturated heterocycles. The first-order chi connectivity index (χ1) is 7.72. The van der Waals surface area contributed by atoms with E-state index in [1.54, 1.807) is 31.0 Å². The fourth-order valence-corrected chi connectivity index (χ4v) is 1.47. The van der Waals surface area contributed by atoms with Crippen LogP contribution >= 0.6 is 0 Å². The van der Waals surface area contributed by atoms with Gasteiger partial charge in [0, 0.05) is 7.05 Å². The van der Waals surface area contributed by atoms with Crippen molar-refractivity contribution in [1.82, 2.24) is 9.78 Å². The molecule has 0 saturated carbocycles. The number of hydrogen-bond donors (Lipinski definition) is 0. The average molecular weight is 217 g/mol. The van der Waals surface area contributed by atoms with Crippen LogP contribution in [0.25, 0.3) is 0 Å². The van der Waals surface area contributed by atoms with Crippen molar-refractivity contribution < 1.29 is 9.15 Å². The van der Waals surface area contributed by atoms with Gasteiger partial charge in [0.25, 0.3) is 0 Å². The van der Waals surface area contributed by atoms with E-state index < -0.39 is 0 Å². The van der Waals surface area contributed by atoms with E-state index in [1.165, 1.54) is 0 Å². The topological polar surface area (TPSA) is 64.0 Å². The molecule has 2 aromatic rings. The zero-order valence-corrected chi connectivity index (χ0v) is 9.10. The summed E-state index contributed by atoms with van der Waals surface area (Å²) in [6.07, 6.45) is 1.58. The summed E-state index contributed by atoms with van der Waals surface area (Å²) in [5.74, 6) is 1.18. The monoisotopic (exact) mass is 217 g/mol. The highest BCUT2D eigenvalue weighted by Crippen LogP contribution is 2.21. The van der Waals surface area contributed by atoms with Gasteiger partial charge >= 0.3 is 0 Å². The van der Waals surface area contributed by atoms with Crippen molar-refractivity contribution in [3.8, 4) is 11.9 Å². The third-order valence-electron chi connectivity index (χ3n) is 2.21. The Bertz CT molecular complexity index is 520. The molecule has 2 heterocycles. The van der Waals surface area contributed by atoms with Gasteiger partial charge < -0.3 is 9.15 Å². The number of nitrogens with zero attached hydrogens (tertiary/aromatic N) is 3. The molecule has 0 spiro atoms. The molecule has 82 valence electrons. The van der Waals surface area contributed by atoms with E-state index in [1.807, 2.05) is 6.07 Å². The minimum absolute atomic E-state index is 0.292. The molecule has 2 rings (SSSR count). The first-order valence-corrected chi connectivity index (χ1v) is 4.81. The van der Waals surface area contributed by atoms with E-state index in [-0.39, 0.29) is 0 Å². The summed E-state index contributed by atoms with van der Waals surface area (Å²) in [6, 6.07) is 5.68. The second kappa shape index (κ2) is 4.11. The molecule has 0 aliphatic heterocycles. The molecule has 0 radical (unpaired) electrons. The second-order valence-electron chi connectivity index (χ2n) is 3.37. The Morgan fingerprint density at radius 1 is 1.62 bits per heavy atom. The maximum atomic E-state index is 8.96. The number of aromatic nitrogens is 2. The molecule has 0 aliphatic rings. The second-order valence-corrected chi connectivity index (χ2v) is 3.37. The van der Waals surface area contributed by atoms with Crippen molar-refractivity contribution in [3.05, 3.63) is 35.4 Å². The average Bonchev–Trinajstić information content (AvgIpc) is 2.83. The molecular formula is C11H11N3O2. The molecule has 5 heteroatoms. The van der Waals surface area contributed by atoms with E-state index in [0.29, 0.717) is 29.5 Å². The molecule has 0 aliphatic carbocycles. The van der Waals surface area contributed by atoms with E-state index in [9.17, 15) is 0 Å². The van der Waals surface area contributed by atoms with Crippen LogP contribution in [0.2, 0.25) is 0 Å².